The van der Waals surface area contributed by atoms with Crippen molar-refractivity contribution in [2.45, 2.75) is 19.3 Å². The number of benzene rings is 15. The Bertz CT molecular complexity index is 5170. The second-order valence-electron chi connectivity index (χ2n) is 22.7. The highest BCUT2D eigenvalue weighted by Crippen LogP contribution is 2.55. The molecule has 1 heterocycles. The van der Waals surface area contributed by atoms with E-state index in [-0.39, 0.29) is 5.41 Å². The average Bonchev–Trinajstić information content (AvgIpc) is 1.69. The molecule has 17 rings (SSSR count). The van der Waals surface area contributed by atoms with Gasteiger partial charge in [0.2, 0.25) is 0 Å². The van der Waals surface area contributed by atoms with Crippen LogP contribution in [0.5, 0.6) is 0 Å². The fourth-order valence-electron chi connectivity index (χ4n) is 13.8. The Morgan fingerprint density at radius 2 is 0.702 bits per heavy atom. The van der Waals surface area contributed by atoms with Crippen LogP contribution in [-0.4, -0.2) is 0 Å². The van der Waals surface area contributed by atoms with E-state index in [9.17, 15) is 0 Å². The van der Waals surface area contributed by atoms with Crippen LogP contribution in [-0.2, 0) is 5.41 Å². The molecule has 0 fully saturated rings. The molecule has 1 aliphatic carbocycles. The van der Waals surface area contributed by atoms with E-state index < -0.39 is 0 Å². The van der Waals surface area contributed by atoms with Gasteiger partial charge < -0.3 is 9.80 Å². The molecule has 2 nitrogen and oxygen atoms in total. The first kappa shape index (κ1) is 49.5. The highest BCUT2D eigenvalue weighted by atomic mass is 32.1. The zero-order chi connectivity index (χ0) is 55.9. The Morgan fingerprint density at radius 1 is 0.286 bits per heavy atom. The lowest BCUT2D eigenvalue weighted by atomic mass is 9.79. The first-order chi connectivity index (χ1) is 41.4. The van der Waals surface area contributed by atoms with Gasteiger partial charge >= 0.3 is 0 Å². The number of hydrogen-bond acceptors (Lipinski definition) is 3. The van der Waals surface area contributed by atoms with Gasteiger partial charge in [-0.2, -0.15) is 0 Å². The SMILES string of the molecule is CC1(C)c2ccccc2-c2c1c1ccccc1c1c2ccc2cc(N(c3ccccc3)c3ccc(-c4ccccc4)cc3)ccc21.c1ccc(N(c2ccccc2)c2ccc3c(ccc4ccc5c(ccc6c7ccccc7sc65)c43)c2)cc1. The van der Waals surface area contributed by atoms with Crippen molar-refractivity contribution in [3.63, 3.8) is 0 Å². The van der Waals surface area contributed by atoms with E-state index in [4.69, 9.17) is 0 Å². The van der Waals surface area contributed by atoms with Crippen molar-refractivity contribution >= 4 is 130 Å². The third-order valence-electron chi connectivity index (χ3n) is 17.6. The number of para-hydroxylation sites is 3. The van der Waals surface area contributed by atoms with Gasteiger partial charge in [0.1, 0.15) is 0 Å². The van der Waals surface area contributed by atoms with Crippen LogP contribution < -0.4 is 9.80 Å². The highest BCUT2D eigenvalue weighted by Gasteiger charge is 2.38. The maximum atomic E-state index is 2.38. The molecule has 0 atom stereocenters. The molecule has 0 bridgehead atoms. The van der Waals surface area contributed by atoms with Crippen LogP contribution in [0.1, 0.15) is 25.0 Å². The molecule has 16 aromatic rings. The van der Waals surface area contributed by atoms with Crippen LogP contribution in [0.25, 0.3) is 107 Å². The molecule has 0 saturated heterocycles. The Hall–Kier alpha value is -10.3. The number of nitrogens with zero attached hydrogens (tertiary/aromatic N) is 2. The lowest BCUT2D eigenvalue weighted by Crippen LogP contribution is -2.15. The van der Waals surface area contributed by atoms with Crippen LogP contribution >= 0.6 is 11.3 Å². The molecule has 0 unspecified atom stereocenters. The van der Waals surface area contributed by atoms with Gasteiger partial charge in [0, 0.05) is 65.1 Å². The fourth-order valence-corrected chi connectivity index (χ4v) is 15.0. The molecule has 1 aliphatic rings. The molecule has 1 aromatic heterocycles. The summed E-state index contributed by atoms with van der Waals surface area (Å²) in [4.78, 5) is 4.69. The van der Waals surface area contributed by atoms with Crippen molar-refractivity contribution in [2.24, 2.45) is 0 Å². The molecule has 0 N–H and O–H groups in total. The van der Waals surface area contributed by atoms with Crippen LogP contribution in [0.15, 0.2) is 303 Å². The normalized spacial score (nSPS) is 12.5. The molecular formula is C81H56N2S. The number of fused-ring (bicyclic) bond motifs is 19. The van der Waals surface area contributed by atoms with Crippen LogP contribution in [0.2, 0.25) is 0 Å². The molecule has 0 amide bonds. The van der Waals surface area contributed by atoms with Crippen molar-refractivity contribution in [1.82, 2.24) is 0 Å². The van der Waals surface area contributed by atoms with Gasteiger partial charge in [-0.1, -0.05) is 238 Å². The minimum atomic E-state index is -0.0647. The third kappa shape index (κ3) is 8.07. The standard InChI is InChI=1S/C45H33N.C36H23NS/c1-45(2)41-20-12-11-19-39(41)43-40-27-23-32-29-35(26-28-36(32)42(40)37-17-9-10-18-38(37)44(43)45)46(33-15-7-4-8-16-33)34-24-21-31(22-25-34)30-13-5-3-6-14-30;1-3-9-26(10-4-1)37(27-11-5-2-6-12-27)28-18-20-29-25(23-28)16-15-24-17-19-33-31(35(24)29)21-22-32-30-13-7-8-14-34(30)38-36(32)33/h3-29H,1-2H3;1-23H. The van der Waals surface area contributed by atoms with E-state index in [2.05, 4.69) is 327 Å². The van der Waals surface area contributed by atoms with E-state index in [0.717, 1.165) is 34.1 Å². The number of anilines is 6. The Morgan fingerprint density at radius 3 is 1.36 bits per heavy atom. The topological polar surface area (TPSA) is 6.48 Å². The first-order valence-electron chi connectivity index (χ1n) is 29.1. The highest BCUT2D eigenvalue weighted by molar-refractivity contribution is 7.26. The lowest BCUT2D eigenvalue weighted by Gasteiger charge is -2.26. The van der Waals surface area contributed by atoms with Crippen LogP contribution in [0.4, 0.5) is 34.1 Å². The summed E-state index contributed by atoms with van der Waals surface area (Å²) in [6.07, 6.45) is 0. The molecule has 0 radical (unpaired) electrons. The summed E-state index contributed by atoms with van der Waals surface area (Å²) in [5.41, 5.74) is 14.9. The zero-order valence-electron chi connectivity index (χ0n) is 46.7. The lowest BCUT2D eigenvalue weighted by molar-refractivity contribution is 0.666. The van der Waals surface area contributed by atoms with Crippen LogP contribution in [0.3, 0.4) is 0 Å². The Balaban J connectivity index is 0.000000140. The van der Waals surface area contributed by atoms with E-state index >= 15 is 0 Å². The summed E-state index contributed by atoms with van der Waals surface area (Å²) in [6.45, 7) is 4.77. The van der Waals surface area contributed by atoms with E-state index in [0.29, 0.717) is 0 Å². The molecule has 84 heavy (non-hydrogen) atoms. The molecule has 3 heteroatoms. The minimum absolute atomic E-state index is 0.0647. The predicted molar refractivity (Wildman–Crippen MR) is 363 cm³/mol. The summed E-state index contributed by atoms with van der Waals surface area (Å²) in [5, 5.41) is 18.4. The van der Waals surface area contributed by atoms with Crippen molar-refractivity contribution < 1.29 is 0 Å². The number of hydrogen-bond donors (Lipinski definition) is 0. The van der Waals surface area contributed by atoms with Gasteiger partial charge in [-0.25, -0.2) is 0 Å². The Labute approximate surface area is 493 Å². The summed E-state index contributed by atoms with van der Waals surface area (Å²) in [7, 11) is 0. The van der Waals surface area contributed by atoms with E-state index in [1.807, 2.05) is 11.3 Å². The summed E-state index contributed by atoms with van der Waals surface area (Å²) in [6, 6.07) is 110. The van der Waals surface area contributed by atoms with Gasteiger partial charge in [0.25, 0.3) is 0 Å². The molecule has 0 saturated carbocycles. The quantitative estimate of drug-likeness (QED) is 0.147. The summed E-state index contributed by atoms with van der Waals surface area (Å²) >= 11 is 1.90. The largest absolute Gasteiger partial charge is 0.310 e. The molecular weight excluding hydrogens is 1030 g/mol. The minimum Gasteiger partial charge on any atom is -0.310 e. The van der Waals surface area contributed by atoms with Crippen molar-refractivity contribution in [1.29, 1.82) is 0 Å². The van der Waals surface area contributed by atoms with Gasteiger partial charge in [0.15, 0.2) is 0 Å². The van der Waals surface area contributed by atoms with Gasteiger partial charge in [-0.15, -0.1) is 11.3 Å². The molecule has 396 valence electrons. The summed E-state index contributed by atoms with van der Waals surface area (Å²) < 4.78 is 2.72. The number of rotatable bonds is 7. The zero-order valence-corrected chi connectivity index (χ0v) is 47.5. The van der Waals surface area contributed by atoms with Gasteiger partial charge in [0.05, 0.1) is 0 Å². The smallest absolute Gasteiger partial charge is 0.0468 e. The molecule has 0 spiro atoms. The first-order valence-corrected chi connectivity index (χ1v) is 29.9. The fraction of sp³-hybridized carbons (Fsp3) is 0.0370. The Kier molecular flexibility index (Phi) is 11.8. The van der Waals surface area contributed by atoms with E-state index in [1.54, 1.807) is 0 Å². The van der Waals surface area contributed by atoms with E-state index in [1.165, 1.54) is 118 Å². The van der Waals surface area contributed by atoms with Crippen molar-refractivity contribution in [2.75, 3.05) is 9.80 Å². The van der Waals surface area contributed by atoms with Crippen LogP contribution in [0, 0.1) is 0 Å². The van der Waals surface area contributed by atoms with Crippen molar-refractivity contribution in [3.05, 3.63) is 314 Å². The maximum absolute atomic E-state index is 2.38. The predicted octanol–water partition coefficient (Wildman–Crippen LogP) is 23.6. The average molecular weight is 1090 g/mol. The second-order valence-corrected chi connectivity index (χ2v) is 23.8. The summed E-state index contributed by atoms with van der Waals surface area (Å²) in [5.74, 6) is 0. The second kappa shape index (κ2) is 20.0. The molecule has 15 aromatic carbocycles. The monoisotopic (exact) mass is 1090 g/mol. The molecule has 0 aliphatic heterocycles. The third-order valence-corrected chi connectivity index (χ3v) is 18.8. The number of thiophene rings is 1. The van der Waals surface area contributed by atoms with Crippen molar-refractivity contribution in [3.8, 4) is 22.3 Å². The van der Waals surface area contributed by atoms with Gasteiger partial charge in [-0.05, 0) is 171 Å². The van der Waals surface area contributed by atoms with Gasteiger partial charge in [-0.3, -0.25) is 0 Å². The maximum Gasteiger partial charge on any atom is 0.0468 e.